The summed E-state index contributed by atoms with van der Waals surface area (Å²) in [5, 5.41) is 8.96. The highest BCUT2D eigenvalue weighted by Gasteiger charge is 2.09. The number of rotatable bonds is 4. The summed E-state index contributed by atoms with van der Waals surface area (Å²) in [6, 6.07) is 9.24. The van der Waals surface area contributed by atoms with Crippen molar-refractivity contribution in [2.75, 3.05) is 14.2 Å². The second-order valence-corrected chi connectivity index (χ2v) is 4.99. The van der Waals surface area contributed by atoms with Crippen LogP contribution in [-0.2, 0) is 0 Å². The van der Waals surface area contributed by atoms with E-state index in [-0.39, 0.29) is 11.1 Å². The summed E-state index contributed by atoms with van der Waals surface area (Å²) in [5.41, 5.74) is 1.72. The molecule has 24 heavy (non-hydrogen) atoms. The molecule has 2 aromatic carbocycles. The monoisotopic (exact) mass is 324 g/mol. The molecule has 0 aliphatic heterocycles. The molecule has 0 radical (unpaired) electrons. The minimum atomic E-state index is -1.09. The summed E-state index contributed by atoms with van der Waals surface area (Å²) >= 11 is 0. The second-order valence-electron chi connectivity index (χ2n) is 4.99. The van der Waals surface area contributed by atoms with Gasteiger partial charge in [0.2, 0.25) is 5.78 Å². The van der Waals surface area contributed by atoms with E-state index in [1.54, 1.807) is 19.2 Å². The number of hydrogen-bond acceptors (Lipinski definition) is 4. The van der Waals surface area contributed by atoms with Crippen LogP contribution >= 0.6 is 0 Å². The third kappa shape index (κ3) is 3.73. The Hall–Kier alpha value is -3.26. The largest absolute Gasteiger partial charge is 0.493 e. The van der Waals surface area contributed by atoms with Crippen LogP contribution in [0.3, 0.4) is 0 Å². The van der Waals surface area contributed by atoms with E-state index in [1.807, 2.05) is 6.92 Å². The summed E-state index contributed by atoms with van der Waals surface area (Å²) in [7, 11) is 3.08. The van der Waals surface area contributed by atoms with Crippen LogP contribution in [0.5, 0.6) is 11.5 Å². The molecule has 122 valence electrons. The molecular weight excluding hydrogens is 308 g/mol. The van der Waals surface area contributed by atoms with E-state index in [1.165, 1.54) is 31.4 Å². The quantitative estimate of drug-likeness (QED) is 0.691. The summed E-state index contributed by atoms with van der Waals surface area (Å²) in [4.78, 5) is 23.1. The molecule has 1 N–H and O–H groups in total. The number of methoxy groups -OCH3 is 2. The summed E-state index contributed by atoms with van der Waals surface area (Å²) in [5.74, 6) is 4.90. The van der Waals surface area contributed by atoms with Crippen molar-refractivity contribution in [2.24, 2.45) is 0 Å². The van der Waals surface area contributed by atoms with Crippen LogP contribution in [0.15, 0.2) is 36.4 Å². The zero-order valence-electron chi connectivity index (χ0n) is 13.5. The van der Waals surface area contributed by atoms with Crippen LogP contribution in [0.2, 0.25) is 0 Å². The predicted octanol–water partition coefficient (Wildman–Crippen LogP) is 2.94. The standard InChI is InChI=1S/C19H16O5/c1-12-9-13(10-17(23-2)18(12)24-3)7-8-16(20)14-5-4-6-15(11-14)19(21)22/h4-6,9-11H,1-3H3,(H,21,22). The van der Waals surface area contributed by atoms with Gasteiger partial charge in [-0.25, -0.2) is 4.79 Å². The maximum atomic E-state index is 12.1. The Morgan fingerprint density at radius 2 is 1.75 bits per heavy atom. The molecule has 5 nitrogen and oxygen atoms in total. The fourth-order valence-corrected chi connectivity index (χ4v) is 2.22. The van der Waals surface area contributed by atoms with Gasteiger partial charge in [-0.3, -0.25) is 4.79 Å². The maximum absolute atomic E-state index is 12.1. The first-order chi connectivity index (χ1) is 11.5. The predicted molar refractivity (Wildman–Crippen MR) is 88.9 cm³/mol. The van der Waals surface area contributed by atoms with E-state index in [4.69, 9.17) is 14.6 Å². The molecule has 2 aromatic rings. The van der Waals surface area contributed by atoms with E-state index in [2.05, 4.69) is 11.8 Å². The molecule has 0 aliphatic carbocycles. The number of carboxylic acid groups (broad SMARTS) is 1. The van der Waals surface area contributed by atoms with Gasteiger partial charge in [0.05, 0.1) is 19.8 Å². The third-order valence-corrected chi connectivity index (χ3v) is 3.36. The Bertz CT molecular complexity index is 856. The van der Waals surface area contributed by atoms with Crippen molar-refractivity contribution < 1.29 is 24.2 Å². The van der Waals surface area contributed by atoms with Crippen LogP contribution in [0.1, 0.15) is 31.8 Å². The lowest BCUT2D eigenvalue weighted by molar-refractivity contribution is 0.0697. The van der Waals surface area contributed by atoms with Crippen LogP contribution in [-0.4, -0.2) is 31.1 Å². The first-order valence-corrected chi connectivity index (χ1v) is 7.08. The van der Waals surface area contributed by atoms with E-state index in [0.717, 1.165) is 5.56 Å². The molecule has 0 aliphatic rings. The molecule has 0 atom stereocenters. The van der Waals surface area contributed by atoms with Gasteiger partial charge >= 0.3 is 5.97 Å². The number of benzene rings is 2. The molecule has 0 unspecified atom stereocenters. The normalized spacial score (nSPS) is 9.62. The number of aryl methyl sites for hydroxylation is 1. The lowest BCUT2D eigenvalue weighted by Crippen LogP contribution is -2.01. The van der Waals surface area contributed by atoms with Gasteiger partial charge in [-0.2, -0.15) is 0 Å². The summed E-state index contributed by atoms with van der Waals surface area (Å²) < 4.78 is 10.5. The van der Waals surface area contributed by atoms with Crippen molar-refractivity contribution in [1.29, 1.82) is 0 Å². The zero-order valence-corrected chi connectivity index (χ0v) is 13.5. The van der Waals surface area contributed by atoms with E-state index in [9.17, 15) is 9.59 Å². The number of hydrogen-bond donors (Lipinski definition) is 1. The van der Waals surface area contributed by atoms with Gasteiger partial charge in [0.1, 0.15) is 0 Å². The first-order valence-electron chi connectivity index (χ1n) is 7.08. The molecule has 0 spiro atoms. The van der Waals surface area contributed by atoms with Crippen LogP contribution < -0.4 is 9.47 Å². The average Bonchev–Trinajstić information content (AvgIpc) is 2.59. The lowest BCUT2D eigenvalue weighted by Gasteiger charge is -2.10. The van der Waals surface area contributed by atoms with E-state index >= 15 is 0 Å². The van der Waals surface area contributed by atoms with Crippen molar-refractivity contribution in [3.63, 3.8) is 0 Å². The van der Waals surface area contributed by atoms with Gasteiger partial charge in [0, 0.05) is 11.1 Å². The van der Waals surface area contributed by atoms with Crippen LogP contribution in [0, 0.1) is 18.8 Å². The molecule has 0 amide bonds. The van der Waals surface area contributed by atoms with E-state index < -0.39 is 11.8 Å². The fraction of sp³-hybridized carbons (Fsp3) is 0.158. The Morgan fingerprint density at radius 3 is 2.38 bits per heavy atom. The first kappa shape index (κ1) is 17.1. The van der Waals surface area contributed by atoms with Crippen LogP contribution in [0.4, 0.5) is 0 Å². The van der Waals surface area contributed by atoms with E-state index in [0.29, 0.717) is 17.1 Å². The van der Waals surface area contributed by atoms with Gasteiger partial charge in [0.15, 0.2) is 11.5 Å². The van der Waals surface area contributed by atoms with Crippen LogP contribution in [0.25, 0.3) is 0 Å². The summed E-state index contributed by atoms with van der Waals surface area (Å²) in [6.07, 6.45) is 0. The number of carbonyl (C=O) groups excluding carboxylic acids is 1. The van der Waals surface area contributed by atoms with Gasteiger partial charge in [0.25, 0.3) is 0 Å². The molecule has 2 rings (SSSR count). The number of aromatic carboxylic acids is 1. The molecule has 0 saturated heterocycles. The Kier molecular flexibility index (Phi) is 5.23. The second kappa shape index (κ2) is 7.34. The molecule has 0 fully saturated rings. The summed E-state index contributed by atoms with van der Waals surface area (Å²) in [6.45, 7) is 1.85. The molecule has 0 saturated carbocycles. The highest BCUT2D eigenvalue weighted by Crippen LogP contribution is 2.31. The highest BCUT2D eigenvalue weighted by molar-refractivity contribution is 6.10. The average molecular weight is 324 g/mol. The molecule has 0 aromatic heterocycles. The number of Topliss-reactive ketones (excluding diaryl/α,β-unsaturated/α-hetero) is 1. The van der Waals surface area contributed by atoms with Crippen molar-refractivity contribution >= 4 is 11.8 Å². The van der Waals surface area contributed by atoms with Crippen molar-refractivity contribution in [3.8, 4) is 23.3 Å². The molecule has 0 bridgehead atoms. The van der Waals surface area contributed by atoms with Gasteiger partial charge in [-0.1, -0.05) is 18.1 Å². The maximum Gasteiger partial charge on any atom is 0.335 e. The topological polar surface area (TPSA) is 72.8 Å². The number of carboxylic acids is 1. The van der Waals surface area contributed by atoms with Gasteiger partial charge in [-0.15, -0.1) is 0 Å². The third-order valence-electron chi connectivity index (χ3n) is 3.36. The van der Waals surface area contributed by atoms with Gasteiger partial charge in [-0.05, 0) is 42.7 Å². The number of ether oxygens (including phenoxy) is 2. The minimum Gasteiger partial charge on any atom is -0.493 e. The smallest absolute Gasteiger partial charge is 0.335 e. The lowest BCUT2D eigenvalue weighted by atomic mass is 10.1. The Labute approximate surface area is 139 Å². The zero-order chi connectivity index (χ0) is 17.7. The molecule has 0 heterocycles. The Morgan fingerprint density at radius 1 is 1.04 bits per heavy atom. The SMILES string of the molecule is COc1cc(C#CC(=O)c2cccc(C(=O)O)c2)cc(C)c1OC. The van der Waals surface area contributed by atoms with Crippen molar-refractivity contribution in [1.82, 2.24) is 0 Å². The minimum absolute atomic E-state index is 0.0459. The Balaban J connectivity index is 2.33. The molecule has 5 heteroatoms. The fourth-order valence-electron chi connectivity index (χ4n) is 2.22. The molecular formula is C19H16O5. The highest BCUT2D eigenvalue weighted by atomic mass is 16.5. The van der Waals surface area contributed by atoms with Gasteiger partial charge < -0.3 is 14.6 Å². The van der Waals surface area contributed by atoms with Crippen molar-refractivity contribution in [3.05, 3.63) is 58.7 Å². The van der Waals surface area contributed by atoms with Crippen molar-refractivity contribution in [2.45, 2.75) is 6.92 Å². The number of ketones is 1. The number of carbonyl (C=O) groups is 2.